The summed E-state index contributed by atoms with van der Waals surface area (Å²) < 4.78 is 19.0. The molecule has 0 saturated carbocycles. The summed E-state index contributed by atoms with van der Waals surface area (Å²) in [4.78, 5) is 44.3. The zero-order valence-electron chi connectivity index (χ0n) is 20.7. The molecule has 4 rings (SSSR count). The van der Waals surface area contributed by atoms with Gasteiger partial charge in [0.25, 0.3) is 5.91 Å². The van der Waals surface area contributed by atoms with Crippen molar-refractivity contribution in [2.24, 2.45) is 0 Å². The highest BCUT2D eigenvalue weighted by Gasteiger charge is 2.38. The van der Waals surface area contributed by atoms with Crippen LogP contribution < -0.4 is 5.32 Å². The van der Waals surface area contributed by atoms with Crippen LogP contribution >= 0.6 is 0 Å². The van der Waals surface area contributed by atoms with Crippen LogP contribution in [0.3, 0.4) is 0 Å². The van der Waals surface area contributed by atoms with Gasteiger partial charge >= 0.3 is 12.0 Å². The van der Waals surface area contributed by atoms with Gasteiger partial charge in [0.2, 0.25) is 0 Å². The van der Waals surface area contributed by atoms with Crippen molar-refractivity contribution < 1.29 is 23.5 Å². The molecular formula is C27H31FN4O4. The monoisotopic (exact) mass is 494 g/mol. The Balaban J connectivity index is 1.58. The van der Waals surface area contributed by atoms with E-state index >= 15 is 0 Å². The minimum absolute atomic E-state index is 0.145. The lowest BCUT2D eigenvalue weighted by Crippen LogP contribution is -2.56. The van der Waals surface area contributed by atoms with Gasteiger partial charge in [-0.25, -0.2) is 14.0 Å². The maximum Gasteiger partial charge on any atom is 0.338 e. The van der Waals surface area contributed by atoms with Crippen LogP contribution in [0.5, 0.6) is 0 Å². The van der Waals surface area contributed by atoms with Gasteiger partial charge in [0, 0.05) is 50.5 Å². The van der Waals surface area contributed by atoms with E-state index in [0.717, 1.165) is 5.56 Å². The zero-order valence-corrected chi connectivity index (χ0v) is 20.7. The molecule has 9 heteroatoms. The number of halogens is 1. The molecule has 0 aromatic heterocycles. The predicted octanol–water partition coefficient (Wildman–Crippen LogP) is 3.19. The second kappa shape index (κ2) is 10.9. The van der Waals surface area contributed by atoms with Crippen LogP contribution in [0.2, 0.25) is 0 Å². The van der Waals surface area contributed by atoms with E-state index in [1.807, 2.05) is 37.3 Å². The molecule has 2 heterocycles. The van der Waals surface area contributed by atoms with Gasteiger partial charge in [0.1, 0.15) is 5.82 Å². The predicted molar refractivity (Wildman–Crippen MR) is 132 cm³/mol. The number of hydrogen-bond acceptors (Lipinski definition) is 5. The number of piperazine rings is 1. The summed E-state index contributed by atoms with van der Waals surface area (Å²) in [7, 11) is 1.64. The highest BCUT2D eigenvalue weighted by Crippen LogP contribution is 2.31. The zero-order chi connectivity index (χ0) is 25.8. The van der Waals surface area contributed by atoms with Gasteiger partial charge in [0.15, 0.2) is 0 Å². The van der Waals surface area contributed by atoms with E-state index in [1.54, 1.807) is 24.9 Å². The van der Waals surface area contributed by atoms with E-state index in [0.29, 0.717) is 43.0 Å². The topological polar surface area (TPSA) is 82.2 Å². The number of ether oxygens (including phenoxy) is 1. The number of amides is 3. The molecule has 2 aromatic carbocycles. The Hall–Kier alpha value is -3.72. The summed E-state index contributed by atoms with van der Waals surface area (Å²) in [6, 6.07) is 14.0. The molecular weight excluding hydrogens is 463 g/mol. The summed E-state index contributed by atoms with van der Waals surface area (Å²) in [5.74, 6) is -1.13. The fourth-order valence-corrected chi connectivity index (χ4v) is 4.77. The van der Waals surface area contributed by atoms with Gasteiger partial charge in [-0.2, -0.15) is 0 Å². The van der Waals surface area contributed by atoms with E-state index < -0.39 is 17.8 Å². The molecule has 0 radical (unpaired) electrons. The van der Waals surface area contributed by atoms with Gasteiger partial charge < -0.3 is 15.0 Å². The summed E-state index contributed by atoms with van der Waals surface area (Å²) in [5.41, 5.74) is 2.08. The summed E-state index contributed by atoms with van der Waals surface area (Å²) in [6.45, 7) is 5.75. The Bertz CT molecular complexity index is 1170. The van der Waals surface area contributed by atoms with Crippen molar-refractivity contribution in [3.05, 3.63) is 82.8 Å². The second-order valence-electron chi connectivity index (χ2n) is 9.03. The number of benzene rings is 2. The van der Waals surface area contributed by atoms with Gasteiger partial charge in [-0.1, -0.05) is 36.4 Å². The lowest BCUT2D eigenvalue weighted by Gasteiger charge is -2.42. The van der Waals surface area contributed by atoms with E-state index in [-0.39, 0.29) is 24.6 Å². The molecule has 1 fully saturated rings. The van der Waals surface area contributed by atoms with E-state index in [4.69, 9.17) is 4.74 Å². The average molecular weight is 495 g/mol. The molecule has 2 atom stereocenters. The fraction of sp³-hybridized carbons (Fsp3) is 0.370. The number of carbonyl (C=O) groups is 3. The lowest BCUT2D eigenvalue weighted by atomic mass is 9.94. The first kappa shape index (κ1) is 25.4. The second-order valence-corrected chi connectivity index (χ2v) is 9.03. The van der Waals surface area contributed by atoms with Crippen molar-refractivity contribution in [1.82, 2.24) is 20.0 Å². The van der Waals surface area contributed by atoms with Crippen LogP contribution in [0, 0.1) is 5.82 Å². The number of carbonyl (C=O) groups excluding carboxylic acids is 3. The first-order chi connectivity index (χ1) is 17.3. The Morgan fingerprint density at radius 3 is 2.53 bits per heavy atom. The average Bonchev–Trinajstić information content (AvgIpc) is 2.87. The van der Waals surface area contributed by atoms with E-state index in [1.165, 1.54) is 23.1 Å². The Labute approximate surface area is 210 Å². The molecule has 190 valence electrons. The van der Waals surface area contributed by atoms with Gasteiger partial charge in [-0.05, 0) is 37.6 Å². The van der Waals surface area contributed by atoms with Crippen molar-refractivity contribution in [3.8, 4) is 0 Å². The van der Waals surface area contributed by atoms with Crippen molar-refractivity contribution in [3.63, 3.8) is 0 Å². The smallest absolute Gasteiger partial charge is 0.338 e. The van der Waals surface area contributed by atoms with Gasteiger partial charge in [0.05, 0.1) is 18.2 Å². The van der Waals surface area contributed by atoms with E-state index in [9.17, 15) is 18.8 Å². The summed E-state index contributed by atoms with van der Waals surface area (Å²) >= 11 is 0. The van der Waals surface area contributed by atoms with Gasteiger partial charge in [-0.3, -0.25) is 14.6 Å². The number of likely N-dealkylation sites (N-methyl/N-ethyl adjacent to an activating group) is 1. The molecule has 0 unspecified atom stereocenters. The number of nitrogens with one attached hydrogen (secondary N) is 1. The van der Waals surface area contributed by atoms with Crippen molar-refractivity contribution in [2.45, 2.75) is 25.9 Å². The van der Waals surface area contributed by atoms with Crippen LogP contribution in [0.25, 0.3) is 0 Å². The SMILES string of the molecule is CCOC(=O)C1=C(CN2CCN(C(=O)c3cccc(F)c3)[C@@H](C)C2)N(C)C(=O)N[C@@H]1c1ccccc1. The maximum absolute atomic E-state index is 13.6. The maximum atomic E-state index is 13.6. The summed E-state index contributed by atoms with van der Waals surface area (Å²) in [6.07, 6.45) is 0. The third-order valence-corrected chi connectivity index (χ3v) is 6.62. The fourth-order valence-electron chi connectivity index (χ4n) is 4.77. The molecule has 3 amide bonds. The Morgan fingerprint density at radius 1 is 1.11 bits per heavy atom. The highest BCUT2D eigenvalue weighted by atomic mass is 19.1. The van der Waals surface area contributed by atoms with Crippen molar-refractivity contribution in [1.29, 1.82) is 0 Å². The Morgan fingerprint density at radius 2 is 1.86 bits per heavy atom. The van der Waals surface area contributed by atoms with Crippen LogP contribution in [0.4, 0.5) is 9.18 Å². The van der Waals surface area contributed by atoms with Crippen LogP contribution in [-0.4, -0.2) is 78.5 Å². The van der Waals surface area contributed by atoms with Crippen LogP contribution in [0.15, 0.2) is 65.9 Å². The van der Waals surface area contributed by atoms with Crippen LogP contribution in [-0.2, 0) is 9.53 Å². The third kappa shape index (κ3) is 5.26. The molecule has 0 spiro atoms. The third-order valence-electron chi connectivity index (χ3n) is 6.62. The molecule has 0 aliphatic carbocycles. The summed E-state index contributed by atoms with van der Waals surface area (Å²) in [5, 5.41) is 2.92. The molecule has 1 N–H and O–H groups in total. The van der Waals surface area contributed by atoms with Crippen LogP contribution in [0.1, 0.15) is 35.8 Å². The standard InChI is InChI=1S/C27H31FN4O4/c1-4-36-26(34)23-22(30(3)27(35)29-24(23)19-9-6-5-7-10-19)17-31-13-14-32(18(2)16-31)25(33)20-11-8-12-21(28)15-20/h5-12,15,18,24H,4,13-14,16-17H2,1-3H3,(H,29,35)/t18-,24+/m0/s1. The molecule has 2 aromatic rings. The quantitative estimate of drug-likeness (QED) is 0.624. The lowest BCUT2D eigenvalue weighted by molar-refractivity contribution is -0.139. The number of urea groups is 1. The minimum Gasteiger partial charge on any atom is -0.463 e. The molecule has 1 saturated heterocycles. The molecule has 2 aliphatic heterocycles. The number of hydrogen-bond donors (Lipinski definition) is 1. The molecule has 8 nitrogen and oxygen atoms in total. The normalized spacial score (nSPS) is 20.8. The number of rotatable bonds is 6. The van der Waals surface area contributed by atoms with Crippen molar-refractivity contribution in [2.75, 3.05) is 39.8 Å². The largest absolute Gasteiger partial charge is 0.463 e. The van der Waals surface area contributed by atoms with Crippen molar-refractivity contribution >= 4 is 17.9 Å². The number of nitrogens with zero attached hydrogens (tertiary/aromatic N) is 3. The first-order valence-corrected chi connectivity index (χ1v) is 12.1. The molecule has 2 aliphatic rings. The Kier molecular flexibility index (Phi) is 7.69. The van der Waals surface area contributed by atoms with Gasteiger partial charge in [-0.15, -0.1) is 0 Å². The minimum atomic E-state index is -0.628. The first-order valence-electron chi connectivity index (χ1n) is 12.1. The molecule has 0 bridgehead atoms. The number of esters is 1. The van der Waals surface area contributed by atoms with E-state index in [2.05, 4.69) is 10.2 Å². The molecule has 36 heavy (non-hydrogen) atoms. The highest BCUT2D eigenvalue weighted by molar-refractivity contribution is 5.95.